The topological polar surface area (TPSA) is 67.4 Å². The minimum Gasteiger partial charge on any atom is -0.488 e. The monoisotopic (exact) mass is 390 g/mol. The van der Waals surface area contributed by atoms with E-state index >= 15 is 0 Å². The summed E-state index contributed by atoms with van der Waals surface area (Å²) in [6, 6.07) is 10.9. The Bertz CT molecular complexity index is 924. The number of amides is 2. The molecule has 2 aromatic rings. The first-order chi connectivity index (χ1) is 12.4. The van der Waals surface area contributed by atoms with Gasteiger partial charge in [0.05, 0.1) is 0 Å². The third-order valence-corrected chi connectivity index (χ3v) is 4.00. The molecule has 0 atom stereocenters. The molecule has 2 amide bonds. The van der Waals surface area contributed by atoms with Crippen molar-refractivity contribution in [2.45, 2.75) is 6.61 Å². The van der Waals surface area contributed by atoms with Gasteiger partial charge in [0.1, 0.15) is 23.7 Å². The van der Waals surface area contributed by atoms with Crippen molar-refractivity contribution in [3.63, 3.8) is 0 Å². The van der Waals surface area contributed by atoms with Gasteiger partial charge in [-0.15, -0.1) is 0 Å². The Morgan fingerprint density at radius 2 is 1.81 bits per heavy atom. The molecule has 0 unspecified atom stereocenters. The first kappa shape index (κ1) is 18.0. The van der Waals surface area contributed by atoms with Gasteiger partial charge in [0, 0.05) is 16.1 Å². The van der Waals surface area contributed by atoms with Gasteiger partial charge in [-0.3, -0.25) is 20.2 Å². The van der Waals surface area contributed by atoms with E-state index in [0.29, 0.717) is 21.9 Å². The number of nitrogens with one attached hydrogen (secondary N) is 2. The maximum Gasteiger partial charge on any atom is 0.263 e. The summed E-state index contributed by atoms with van der Waals surface area (Å²) in [5.41, 5.74) is 0.637. The first-order valence-electron chi connectivity index (χ1n) is 7.48. The zero-order valence-corrected chi connectivity index (χ0v) is 14.8. The van der Waals surface area contributed by atoms with E-state index in [9.17, 15) is 14.0 Å². The average Bonchev–Trinajstić information content (AvgIpc) is 2.58. The molecule has 3 rings (SSSR count). The van der Waals surface area contributed by atoms with E-state index in [0.717, 1.165) is 0 Å². The van der Waals surface area contributed by atoms with Crippen LogP contribution in [0, 0.1) is 5.82 Å². The van der Waals surface area contributed by atoms with Gasteiger partial charge in [-0.1, -0.05) is 29.8 Å². The van der Waals surface area contributed by atoms with Gasteiger partial charge in [-0.2, -0.15) is 0 Å². The molecule has 1 saturated heterocycles. The molecule has 0 bridgehead atoms. The third kappa shape index (κ3) is 4.07. The van der Waals surface area contributed by atoms with Crippen molar-refractivity contribution in [1.29, 1.82) is 0 Å². The maximum absolute atomic E-state index is 13.7. The summed E-state index contributed by atoms with van der Waals surface area (Å²) >= 11 is 10.8. The molecule has 0 saturated carbocycles. The lowest BCUT2D eigenvalue weighted by molar-refractivity contribution is -0.123. The van der Waals surface area contributed by atoms with Crippen LogP contribution < -0.4 is 15.4 Å². The lowest BCUT2D eigenvalue weighted by Gasteiger charge is -2.17. The Morgan fingerprint density at radius 3 is 2.50 bits per heavy atom. The molecule has 0 radical (unpaired) electrons. The molecule has 2 N–H and O–H groups in total. The van der Waals surface area contributed by atoms with Crippen molar-refractivity contribution < 1.29 is 18.7 Å². The molecule has 0 aromatic heterocycles. The normalized spacial score (nSPS) is 13.9. The van der Waals surface area contributed by atoms with Crippen LogP contribution in [0.1, 0.15) is 11.1 Å². The van der Waals surface area contributed by atoms with Crippen LogP contribution in [-0.4, -0.2) is 16.9 Å². The quantitative estimate of drug-likeness (QED) is 0.478. The second-order valence-electron chi connectivity index (χ2n) is 5.36. The van der Waals surface area contributed by atoms with Crippen LogP contribution >= 0.6 is 23.8 Å². The Labute approximate surface area is 158 Å². The van der Waals surface area contributed by atoms with Gasteiger partial charge in [-0.05, 0) is 42.6 Å². The minimum atomic E-state index is -0.626. The van der Waals surface area contributed by atoms with E-state index in [4.69, 9.17) is 28.6 Å². The molecule has 0 spiro atoms. The summed E-state index contributed by atoms with van der Waals surface area (Å²) in [6.45, 7) is -0.0209. The summed E-state index contributed by atoms with van der Waals surface area (Å²) in [5, 5.41) is 5.03. The smallest absolute Gasteiger partial charge is 0.263 e. The van der Waals surface area contributed by atoms with Crippen molar-refractivity contribution in [1.82, 2.24) is 10.6 Å². The second kappa shape index (κ2) is 7.63. The van der Waals surface area contributed by atoms with E-state index in [2.05, 4.69) is 10.6 Å². The Kier molecular flexibility index (Phi) is 5.29. The average molecular weight is 391 g/mol. The molecule has 5 nitrogen and oxygen atoms in total. The molecule has 2 aromatic carbocycles. The fraction of sp³-hybridized carbons (Fsp3) is 0.0556. The zero-order chi connectivity index (χ0) is 18.7. The maximum atomic E-state index is 13.7. The molecule has 1 fully saturated rings. The van der Waals surface area contributed by atoms with Crippen molar-refractivity contribution in [2.24, 2.45) is 0 Å². The summed E-state index contributed by atoms with van der Waals surface area (Å²) in [4.78, 5) is 24.0. The van der Waals surface area contributed by atoms with E-state index < -0.39 is 11.8 Å². The van der Waals surface area contributed by atoms with E-state index in [-0.39, 0.29) is 23.1 Å². The highest BCUT2D eigenvalue weighted by Crippen LogP contribution is 2.27. The third-order valence-electron chi connectivity index (χ3n) is 3.56. The number of carbonyl (C=O) groups is 2. The fourth-order valence-electron chi connectivity index (χ4n) is 2.30. The summed E-state index contributed by atoms with van der Waals surface area (Å²) in [5.74, 6) is -1.29. The number of halogens is 2. The van der Waals surface area contributed by atoms with Gasteiger partial charge in [0.25, 0.3) is 11.8 Å². The van der Waals surface area contributed by atoms with Gasteiger partial charge in [0.2, 0.25) is 0 Å². The number of carbonyl (C=O) groups excluding carboxylic acids is 2. The second-order valence-corrected chi connectivity index (χ2v) is 6.20. The van der Waals surface area contributed by atoms with Crippen molar-refractivity contribution in [2.75, 3.05) is 0 Å². The van der Waals surface area contributed by atoms with Gasteiger partial charge in [0.15, 0.2) is 5.11 Å². The highest BCUT2D eigenvalue weighted by molar-refractivity contribution is 7.80. The molecular weight excluding hydrogens is 379 g/mol. The predicted molar refractivity (Wildman–Crippen MR) is 99.0 cm³/mol. The number of hydrogen-bond donors (Lipinski definition) is 2. The Hall–Kier alpha value is -2.77. The number of ether oxygens (including phenoxy) is 1. The van der Waals surface area contributed by atoms with E-state index in [1.54, 1.807) is 36.4 Å². The fourth-order valence-corrected chi connectivity index (χ4v) is 2.66. The van der Waals surface area contributed by atoms with Crippen LogP contribution in [0.15, 0.2) is 48.0 Å². The van der Waals surface area contributed by atoms with Crippen molar-refractivity contribution in [3.05, 3.63) is 70.0 Å². The number of rotatable bonds is 4. The first-order valence-corrected chi connectivity index (χ1v) is 8.27. The summed E-state index contributed by atoms with van der Waals surface area (Å²) in [6.07, 6.45) is 1.34. The standard InChI is InChI=1S/C18H12ClFN2O3S/c19-12-5-6-15(25-9-10-3-1-2-4-14(10)20)11(7-12)8-13-16(23)21-18(26)22-17(13)24/h1-8H,9H2,(H2,21,22,23,24,26). The lowest BCUT2D eigenvalue weighted by atomic mass is 10.1. The predicted octanol–water partition coefficient (Wildman–Crippen LogP) is 2.97. The van der Waals surface area contributed by atoms with E-state index in [1.807, 2.05) is 0 Å². The van der Waals surface area contributed by atoms with Crippen molar-refractivity contribution >= 4 is 46.8 Å². The SMILES string of the molecule is O=C1NC(=S)NC(=O)C1=Cc1cc(Cl)ccc1OCc1ccccc1F. The summed E-state index contributed by atoms with van der Waals surface area (Å²) < 4.78 is 19.4. The molecule has 132 valence electrons. The largest absolute Gasteiger partial charge is 0.488 e. The molecule has 1 aliphatic heterocycles. The van der Waals surface area contributed by atoms with Gasteiger partial charge >= 0.3 is 0 Å². The minimum absolute atomic E-state index is 0.0209. The zero-order valence-electron chi connectivity index (χ0n) is 13.2. The Morgan fingerprint density at radius 1 is 1.12 bits per heavy atom. The van der Waals surface area contributed by atoms with Crippen LogP contribution in [0.2, 0.25) is 5.02 Å². The van der Waals surface area contributed by atoms with Crippen LogP contribution in [-0.2, 0) is 16.2 Å². The number of benzene rings is 2. The van der Waals surface area contributed by atoms with E-state index in [1.165, 1.54) is 12.1 Å². The van der Waals surface area contributed by atoms with Gasteiger partial charge in [-0.25, -0.2) is 4.39 Å². The molecule has 0 aliphatic carbocycles. The van der Waals surface area contributed by atoms with Crippen LogP contribution in [0.3, 0.4) is 0 Å². The molecule has 1 aliphatic rings. The number of thiocarbonyl (C=S) groups is 1. The highest BCUT2D eigenvalue weighted by Gasteiger charge is 2.26. The number of hydrogen-bond acceptors (Lipinski definition) is 4. The lowest BCUT2D eigenvalue weighted by Crippen LogP contribution is -2.51. The molecule has 8 heteroatoms. The van der Waals surface area contributed by atoms with Crippen LogP contribution in [0.4, 0.5) is 4.39 Å². The van der Waals surface area contributed by atoms with Crippen LogP contribution in [0.25, 0.3) is 6.08 Å². The molecule has 1 heterocycles. The molecule has 26 heavy (non-hydrogen) atoms. The summed E-state index contributed by atoms with van der Waals surface area (Å²) in [7, 11) is 0. The highest BCUT2D eigenvalue weighted by atomic mass is 35.5. The van der Waals surface area contributed by atoms with Crippen LogP contribution in [0.5, 0.6) is 5.75 Å². The molecular formula is C18H12ClFN2O3S. The van der Waals surface area contributed by atoms with Crippen molar-refractivity contribution in [3.8, 4) is 5.75 Å². The Balaban J connectivity index is 1.90. The van der Waals surface area contributed by atoms with Gasteiger partial charge < -0.3 is 4.74 Å².